The van der Waals surface area contributed by atoms with Crippen LogP contribution >= 0.6 is 0 Å². The molecule has 1 fully saturated rings. The molecule has 1 heterocycles. The molecule has 0 atom stereocenters. The van der Waals surface area contributed by atoms with Crippen molar-refractivity contribution in [3.8, 4) is 0 Å². The van der Waals surface area contributed by atoms with Crippen molar-refractivity contribution in [3.63, 3.8) is 0 Å². The standard InChI is InChI=1S/C17H27N3O3S/c1-14-8-9-15(24(22,23)19(2)3)12-16(14)18-17(21)13-20-10-6-4-5-7-11-20/h8-9,12H,4-7,10-11,13H2,1-3H3,(H,18,21)/p+1. The van der Waals surface area contributed by atoms with Gasteiger partial charge in [0.1, 0.15) is 0 Å². The van der Waals surface area contributed by atoms with Gasteiger partial charge in [0, 0.05) is 19.8 Å². The van der Waals surface area contributed by atoms with Gasteiger partial charge in [-0.1, -0.05) is 6.07 Å². The first-order chi connectivity index (χ1) is 11.3. The first-order valence-electron chi connectivity index (χ1n) is 8.47. The van der Waals surface area contributed by atoms with E-state index in [0.717, 1.165) is 31.5 Å². The number of likely N-dealkylation sites (tertiary alicyclic amines) is 1. The SMILES string of the molecule is Cc1ccc(S(=O)(=O)N(C)C)cc1NC(=O)C[NH+]1CCCCCC1. The van der Waals surface area contributed by atoms with Crippen LogP contribution in [0.2, 0.25) is 0 Å². The van der Waals surface area contributed by atoms with Crippen LogP contribution in [0.25, 0.3) is 0 Å². The summed E-state index contributed by atoms with van der Waals surface area (Å²) < 4.78 is 25.7. The molecule has 0 aliphatic carbocycles. The van der Waals surface area contributed by atoms with Gasteiger partial charge in [0.2, 0.25) is 10.0 Å². The van der Waals surface area contributed by atoms with Crippen molar-refractivity contribution in [1.29, 1.82) is 0 Å². The summed E-state index contributed by atoms with van der Waals surface area (Å²) in [6, 6.07) is 4.84. The number of sulfonamides is 1. The molecule has 1 aromatic carbocycles. The Bertz CT molecular complexity index is 678. The molecule has 1 amide bonds. The zero-order valence-corrected chi connectivity index (χ0v) is 15.6. The average Bonchev–Trinajstić information content (AvgIpc) is 2.77. The zero-order chi connectivity index (χ0) is 17.7. The van der Waals surface area contributed by atoms with Gasteiger partial charge < -0.3 is 10.2 Å². The largest absolute Gasteiger partial charge is 0.327 e. The summed E-state index contributed by atoms with van der Waals surface area (Å²) in [7, 11) is -0.515. The predicted octanol–water partition coefficient (Wildman–Crippen LogP) is 0.643. The number of nitrogens with one attached hydrogen (secondary N) is 2. The number of carbonyl (C=O) groups excluding carboxylic acids is 1. The molecule has 0 radical (unpaired) electrons. The van der Waals surface area contributed by atoms with Crippen LogP contribution in [0, 0.1) is 6.92 Å². The maximum atomic E-state index is 12.3. The number of hydrogen-bond acceptors (Lipinski definition) is 3. The third kappa shape index (κ3) is 4.78. The maximum Gasteiger partial charge on any atom is 0.279 e. The zero-order valence-electron chi connectivity index (χ0n) is 14.8. The molecule has 2 N–H and O–H groups in total. The van der Waals surface area contributed by atoms with E-state index in [0.29, 0.717) is 12.2 Å². The Morgan fingerprint density at radius 3 is 2.38 bits per heavy atom. The van der Waals surface area contributed by atoms with Crippen LogP contribution in [0.4, 0.5) is 5.69 Å². The highest BCUT2D eigenvalue weighted by Gasteiger charge is 2.20. The van der Waals surface area contributed by atoms with E-state index in [2.05, 4.69) is 5.32 Å². The van der Waals surface area contributed by atoms with Crippen molar-refractivity contribution in [1.82, 2.24) is 4.31 Å². The number of rotatable bonds is 5. The Kier molecular flexibility index (Phi) is 6.37. The summed E-state index contributed by atoms with van der Waals surface area (Å²) in [6.07, 6.45) is 4.82. The minimum atomic E-state index is -3.51. The van der Waals surface area contributed by atoms with E-state index in [9.17, 15) is 13.2 Å². The van der Waals surface area contributed by atoms with Gasteiger partial charge in [-0.25, -0.2) is 12.7 Å². The highest BCUT2D eigenvalue weighted by Crippen LogP contribution is 2.21. The normalized spacial score (nSPS) is 16.8. The molecule has 134 valence electrons. The van der Waals surface area contributed by atoms with Gasteiger partial charge in [-0.05, 0) is 50.3 Å². The van der Waals surface area contributed by atoms with Crippen molar-refractivity contribution < 1.29 is 18.1 Å². The third-order valence-electron chi connectivity index (χ3n) is 4.48. The molecular formula is C17H28N3O3S+. The van der Waals surface area contributed by atoms with Crippen LogP contribution in [-0.2, 0) is 14.8 Å². The molecule has 6 nitrogen and oxygen atoms in total. The van der Waals surface area contributed by atoms with E-state index in [4.69, 9.17) is 0 Å². The molecule has 1 aromatic rings. The van der Waals surface area contributed by atoms with Gasteiger partial charge >= 0.3 is 0 Å². The number of amides is 1. The number of nitrogens with zero attached hydrogens (tertiary/aromatic N) is 1. The van der Waals surface area contributed by atoms with Crippen LogP contribution in [0.1, 0.15) is 31.2 Å². The summed E-state index contributed by atoms with van der Waals surface area (Å²) in [6.45, 7) is 4.35. The van der Waals surface area contributed by atoms with Crippen LogP contribution < -0.4 is 10.2 Å². The molecule has 0 saturated carbocycles. The van der Waals surface area contributed by atoms with Gasteiger partial charge in [0.05, 0.1) is 18.0 Å². The molecule has 1 saturated heterocycles. The van der Waals surface area contributed by atoms with Crippen LogP contribution in [0.5, 0.6) is 0 Å². The van der Waals surface area contributed by atoms with Crippen molar-refractivity contribution in [2.75, 3.05) is 39.0 Å². The second-order valence-electron chi connectivity index (χ2n) is 6.65. The summed E-state index contributed by atoms with van der Waals surface area (Å²) in [5.74, 6) is -0.0607. The van der Waals surface area contributed by atoms with E-state index in [-0.39, 0.29) is 10.8 Å². The Morgan fingerprint density at radius 2 is 1.79 bits per heavy atom. The lowest BCUT2D eigenvalue weighted by atomic mass is 10.2. The Morgan fingerprint density at radius 1 is 1.17 bits per heavy atom. The molecular weight excluding hydrogens is 326 g/mol. The Labute approximate surface area is 144 Å². The number of aryl methyl sites for hydroxylation is 1. The highest BCUT2D eigenvalue weighted by atomic mass is 32.2. The van der Waals surface area contributed by atoms with Crippen LogP contribution in [0.15, 0.2) is 23.1 Å². The second kappa shape index (κ2) is 8.09. The number of anilines is 1. The summed E-state index contributed by atoms with van der Waals surface area (Å²) >= 11 is 0. The first-order valence-corrected chi connectivity index (χ1v) is 9.91. The fourth-order valence-corrected chi connectivity index (χ4v) is 3.86. The van der Waals surface area contributed by atoms with E-state index in [1.165, 1.54) is 36.1 Å². The monoisotopic (exact) mass is 354 g/mol. The lowest BCUT2D eigenvalue weighted by Crippen LogP contribution is -3.12. The van der Waals surface area contributed by atoms with Crippen molar-refractivity contribution in [2.45, 2.75) is 37.5 Å². The van der Waals surface area contributed by atoms with E-state index >= 15 is 0 Å². The van der Waals surface area contributed by atoms with Crippen LogP contribution in [-0.4, -0.2) is 52.4 Å². The van der Waals surface area contributed by atoms with Gasteiger partial charge in [-0.15, -0.1) is 0 Å². The first kappa shape index (κ1) is 18.9. The molecule has 0 spiro atoms. The number of carbonyl (C=O) groups is 1. The summed E-state index contributed by atoms with van der Waals surface area (Å²) in [5, 5.41) is 2.89. The molecule has 2 rings (SSSR count). The van der Waals surface area contributed by atoms with E-state index < -0.39 is 10.0 Å². The fraction of sp³-hybridized carbons (Fsp3) is 0.588. The van der Waals surface area contributed by atoms with E-state index in [1.54, 1.807) is 18.2 Å². The predicted molar refractivity (Wildman–Crippen MR) is 94.7 cm³/mol. The summed E-state index contributed by atoms with van der Waals surface area (Å²) in [5.41, 5.74) is 1.42. The molecule has 1 aliphatic rings. The Hall–Kier alpha value is -1.44. The van der Waals surface area contributed by atoms with Crippen molar-refractivity contribution in [3.05, 3.63) is 23.8 Å². The van der Waals surface area contributed by atoms with Crippen LogP contribution in [0.3, 0.4) is 0 Å². The Balaban J connectivity index is 2.09. The van der Waals surface area contributed by atoms with Gasteiger partial charge in [0.25, 0.3) is 5.91 Å². The molecule has 24 heavy (non-hydrogen) atoms. The molecule has 7 heteroatoms. The molecule has 0 aromatic heterocycles. The molecule has 1 aliphatic heterocycles. The number of quaternary nitrogens is 1. The lowest BCUT2D eigenvalue weighted by Gasteiger charge is -2.18. The minimum absolute atomic E-state index is 0.0607. The maximum absolute atomic E-state index is 12.3. The van der Waals surface area contributed by atoms with Gasteiger partial charge in [0.15, 0.2) is 6.54 Å². The van der Waals surface area contributed by atoms with Gasteiger partial charge in [-0.3, -0.25) is 4.79 Å². The number of benzene rings is 1. The fourth-order valence-electron chi connectivity index (χ4n) is 2.93. The quantitative estimate of drug-likeness (QED) is 0.815. The van der Waals surface area contributed by atoms with Gasteiger partial charge in [-0.2, -0.15) is 0 Å². The lowest BCUT2D eigenvalue weighted by molar-refractivity contribution is -0.890. The second-order valence-corrected chi connectivity index (χ2v) is 8.81. The highest BCUT2D eigenvalue weighted by molar-refractivity contribution is 7.89. The topological polar surface area (TPSA) is 70.9 Å². The number of hydrogen-bond donors (Lipinski definition) is 2. The summed E-state index contributed by atoms with van der Waals surface area (Å²) in [4.78, 5) is 13.8. The van der Waals surface area contributed by atoms with Crippen molar-refractivity contribution >= 4 is 21.6 Å². The minimum Gasteiger partial charge on any atom is -0.327 e. The molecule has 0 bridgehead atoms. The van der Waals surface area contributed by atoms with Crippen molar-refractivity contribution in [2.24, 2.45) is 0 Å². The smallest absolute Gasteiger partial charge is 0.279 e. The molecule has 0 unspecified atom stereocenters. The van der Waals surface area contributed by atoms with E-state index in [1.807, 2.05) is 6.92 Å². The average molecular weight is 354 g/mol. The third-order valence-corrected chi connectivity index (χ3v) is 6.29.